The first-order chi connectivity index (χ1) is 9.72. The van der Waals surface area contributed by atoms with Crippen molar-refractivity contribution in [3.05, 3.63) is 35.9 Å². The van der Waals surface area contributed by atoms with Gasteiger partial charge in [0.2, 0.25) is 0 Å². The quantitative estimate of drug-likeness (QED) is 0.884. The number of benzene rings is 1. The summed E-state index contributed by atoms with van der Waals surface area (Å²) < 4.78 is 0. The van der Waals surface area contributed by atoms with Gasteiger partial charge in [-0.15, -0.1) is 0 Å². The van der Waals surface area contributed by atoms with Gasteiger partial charge >= 0.3 is 0 Å². The second kappa shape index (κ2) is 5.87. The Labute approximate surface area is 123 Å². The average Bonchev–Trinajstić information content (AvgIpc) is 3.28. The maximum Gasteiger partial charge on any atom is 0.0558 e. The molecule has 110 valence electrons. The normalized spacial score (nSPS) is 31.4. The lowest BCUT2D eigenvalue weighted by molar-refractivity contribution is 0.0432. The minimum Gasteiger partial charge on any atom is -0.311 e. The van der Waals surface area contributed by atoms with Crippen molar-refractivity contribution in [1.29, 1.82) is 0 Å². The van der Waals surface area contributed by atoms with E-state index in [2.05, 4.69) is 54.4 Å². The summed E-state index contributed by atoms with van der Waals surface area (Å²) >= 11 is 0. The lowest BCUT2D eigenvalue weighted by atomic mass is 9.86. The van der Waals surface area contributed by atoms with Crippen molar-refractivity contribution in [2.24, 2.45) is 5.92 Å². The zero-order valence-corrected chi connectivity index (χ0v) is 12.9. The highest BCUT2D eigenvalue weighted by Gasteiger charge is 2.41. The smallest absolute Gasteiger partial charge is 0.0558 e. The maximum atomic E-state index is 3.79. The number of piperazine rings is 1. The summed E-state index contributed by atoms with van der Waals surface area (Å²) in [6, 6.07) is 11.7. The van der Waals surface area contributed by atoms with Crippen LogP contribution in [0.5, 0.6) is 0 Å². The zero-order valence-electron chi connectivity index (χ0n) is 12.9. The first-order valence-corrected chi connectivity index (χ1v) is 8.26. The molecule has 0 amide bonds. The highest BCUT2D eigenvalue weighted by molar-refractivity contribution is 5.25. The molecule has 0 aromatic heterocycles. The molecule has 2 aliphatic rings. The van der Waals surface area contributed by atoms with Crippen LogP contribution in [0.4, 0.5) is 0 Å². The number of nitrogens with one attached hydrogen (secondary N) is 1. The second-order valence-corrected chi connectivity index (χ2v) is 6.85. The zero-order chi connectivity index (χ0) is 14.0. The number of hydrogen-bond acceptors (Lipinski definition) is 2. The minimum absolute atomic E-state index is 0.161. The molecular formula is C18H28N2. The number of hydrogen-bond donors (Lipinski definition) is 1. The van der Waals surface area contributed by atoms with E-state index >= 15 is 0 Å². The van der Waals surface area contributed by atoms with Crippen molar-refractivity contribution in [1.82, 2.24) is 10.2 Å². The molecule has 1 aromatic rings. The molecule has 2 heteroatoms. The van der Waals surface area contributed by atoms with Gasteiger partial charge in [-0.05, 0) is 37.7 Å². The Balaban J connectivity index is 1.80. The van der Waals surface area contributed by atoms with E-state index in [0.717, 1.165) is 12.5 Å². The fourth-order valence-electron chi connectivity index (χ4n) is 3.50. The molecule has 0 spiro atoms. The van der Waals surface area contributed by atoms with E-state index in [4.69, 9.17) is 0 Å². The van der Waals surface area contributed by atoms with Crippen LogP contribution in [0.25, 0.3) is 0 Å². The Bertz CT molecular complexity index is 426. The molecular weight excluding hydrogens is 244 g/mol. The van der Waals surface area contributed by atoms with E-state index in [-0.39, 0.29) is 5.54 Å². The summed E-state index contributed by atoms with van der Waals surface area (Å²) in [7, 11) is 0. The molecule has 2 atom stereocenters. The van der Waals surface area contributed by atoms with Crippen molar-refractivity contribution < 1.29 is 0 Å². The monoisotopic (exact) mass is 272 g/mol. The maximum absolute atomic E-state index is 3.79. The van der Waals surface area contributed by atoms with E-state index in [9.17, 15) is 0 Å². The Hall–Kier alpha value is -0.860. The van der Waals surface area contributed by atoms with Gasteiger partial charge in [-0.3, -0.25) is 4.90 Å². The summed E-state index contributed by atoms with van der Waals surface area (Å²) in [6.45, 7) is 8.27. The predicted molar refractivity (Wildman–Crippen MR) is 84.8 cm³/mol. The first kappa shape index (κ1) is 14.1. The van der Waals surface area contributed by atoms with Crippen LogP contribution in [-0.2, 0) is 5.54 Å². The van der Waals surface area contributed by atoms with Gasteiger partial charge in [0.1, 0.15) is 0 Å². The summed E-state index contributed by atoms with van der Waals surface area (Å²) in [5, 5.41) is 3.79. The molecule has 1 heterocycles. The third-order valence-electron chi connectivity index (χ3n) is 5.08. The van der Waals surface area contributed by atoms with Crippen LogP contribution in [0, 0.1) is 5.92 Å². The Kier molecular flexibility index (Phi) is 4.13. The molecule has 2 fully saturated rings. The van der Waals surface area contributed by atoms with Crippen molar-refractivity contribution in [3.63, 3.8) is 0 Å². The lowest BCUT2D eigenvalue weighted by Crippen LogP contribution is -2.61. The number of rotatable bonds is 5. The largest absolute Gasteiger partial charge is 0.311 e. The fourth-order valence-corrected chi connectivity index (χ4v) is 3.50. The predicted octanol–water partition coefficient (Wildman–Crippen LogP) is 3.39. The summed E-state index contributed by atoms with van der Waals surface area (Å²) in [5.74, 6) is 0.957. The van der Waals surface area contributed by atoms with Crippen LogP contribution in [-0.4, -0.2) is 30.6 Å². The SMILES string of the molecule is CCCC1CN(CC2CC2)C(C)(c2ccccc2)CN1. The van der Waals surface area contributed by atoms with Gasteiger partial charge in [-0.1, -0.05) is 43.7 Å². The summed E-state index contributed by atoms with van der Waals surface area (Å²) in [6.07, 6.45) is 5.45. The van der Waals surface area contributed by atoms with Crippen molar-refractivity contribution >= 4 is 0 Å². The Morgan fingerprint density at radius 3 is 2.65 bits per heavy atom. The fraction of sp³-hybridized carbons (Fsp3) is 0.667. The molecule has 20 heavy (non-hydrogen) atoms. The van der Waals surface area contributed by atoms with Gasteiger partial charge in [0.25, 0.3) is 0 Å². The van der Waals surface area contributed by atoms with E-state index in [1.807, 2.05) is 0 Å². The van der Waals surface area contributed by atoms with E-state index in [0.29, 0.717) is 6.04 Å². The molecule has 0 bridgehead atoms. The molecule has 1 aliphatic heterocycles. The summed E-state index contributed by atoms with van der Waals surface area (Å²) in [5.41, 5.74) is 1.62. The van der Waals surface area contributed by atoms with Crippen LogP contribution >= 0.6 is 0 Å². The van der Waals surface area contributed by atoms with Gasteiger partial charge in [-0.25, -0.2) is 0 Å². The molecule has 3 rings (SSSR count). The average molecular weight is 272 g/mol. The molecule has 2 unspecified atom stereocenters. The highest BCUT2D eigenvalue weighted by Crippen LogP contribution is 2.37. The molecule has 1 aliphatic carbocycles. The van der Waals surface area contributed by atoms with E-state index < -0.39 is 0 Å². The van der Waals surface area contributed by atoms with Crippen LogP contribution in [0.1, 0.15) is 45.1 Å². The van der Waals surface area contributed by atoms with Gasteiger partial charge in [0.05, 0.1) is 5.54 Å². The van der Waals surface area contributed by atoms with Crippen LogP contribution < -0.4 is 5.32 Å². The third kappa shape index (κ3) is 2.91. The topological polar surface area (TPSA) is 15.3 Å². The highest BCUT2D eigenvalue weighted by atomic mass is 15.3. The Morgan fingerprint density at radius 1 is 1.25 bits per heavy atom. The van der Waals surface area contributed by atoms with Crippen LogP contribution in [0.3, 0.4) is 0 Å². The van der Waals surface area contributed by atoms with Crippen molar-refractivity contribution in [2.45, 2.75) is 51.1 Å². The molecule has 1 N–H and O–H groups in total. The van der Waals surface area contributed by atoms with Gasteiger partial charge < -0.3 is 5.32 Å². The van der Waals surface area contributed by atoms with Gasteiger partial charge in [0, 0.05) is 25.7 Å². The molecule has 1 saturated carbocycles. The lowest BCUT2D eigenvalue weighted by Gasteiger charge is -2.49. The van der Waals surface area contributed by atoms with Crippen LogP contribution in [0.2, 0.25) is 0 Å². The second-order valence-electron chi connectivity index (χ2n) is 6.85. The van der Waals surface area contributed by atoms with Gasteiger partial charge in [0.15, 0.2) is 0 Å². The molecule has 2 nitrogen and oxygen atoms in total. The van der Waals surface area contributed by atoms with Gasteiger partial charge in [-0.2, -0.15) is 0 Å². The number of nitrogens with zero attached hydrogens (tertiary/aromatic N) is 1. The minimum atomic E-state index is 0.161. The van der Waals surface area contributed by atoms with Crippen LogP contribution in [0.15, 0.2) is 30.3 Å². The van der Waals surface area contributed by atoms with Crippen molar-refractivity contribution in [3.8, 4) is 0 Å². The van der Waals surface area contributed by atoms with E-state index in [1.54, 1.807) is 0 Å². The molecule has 0 radical (unpaired) electrons. The van der Waals surface area contributed by atoms with Crippen molar-refractivity contribution in [2.75, 3.05) is 19.6 Å². The van der Waals surface area contributed by atoms with E-state index in [1.165, 1.54) is 44.3 Å². The third-order valence-corrected chi connectivity index (χ3v) is 5.08. The standard InChI is InChI=1S/C18H28N2/c1-3-7-17-13-20(12-15-10-11-15)18(2,14-19-17)16-8-5-4-6-9-16/h4-6,8-9,15,17,19H,3,7,10-14H2,1-2H3. The molecule has 1 aromatic carbocycles. The Morgan fingerprint density at radius 2 is 2.00 bits per heavy atom. The molecule has 1 saturated heterocycles. The summed E-state index contributed by atoms with van der Waals surface area (Å²) in [4.78, 5) is 2.76. The first-order valence-electron chi connectivity index (χ1n) is 8.26.